The van der Waals surface area contributed by atoms with Gasteiger partial charge in [0.15, 0.2) is 0 Å². The Labute approximate surface area is 72.6 Å². The molecule has 0 amide bonds. The van der Waals surface area contributed by atoms with Gasteiger partial charge in [-0.15, -0.1) is 0 Å². The van der Waals surface area contributed by atoms with E-state index in [-0.39, 0.29) is 6.54 Å². The molecule has 64 valence electrons. The Morgan fingerprint density at radius 1 is 1.42 bits per heavy atom. The molecule has 0 aromatic heterocycles. The van der Waals surface area contributed by atoms with Gasteiger partial charge in [-0.05, 0) is 17.0 Å². The van der Waals surface area contributed by atoms with E-state index in [0.29, 0.717) is 5.92 Å². The molecule has 0 spiro atoms. The van der Waals surface area contributed by atoms with E-state index >= 15 is 0 Å². The van der Waals surface area contributed by atoms with Gasteiger partial charge in [-0.2, -0.15) is 4.91 Å². The smallest absolute Gasteiger partial charge is 0.106 e. The van der Waals surface area contributed by atoms with Crippen LogP contribution in [0.4, 0.5) is 0 Å². The molecule has 0 aliphatic rings. The lowest BCUT2D eigenvalue weighted by molar-refractivity contribution is 0.861. The lowest BCUT2D eigenvalue weighted by atomic mass is 10.0. The minimum atomic E-state index is 0.278. The molecule has 0 N–H and O–H groups in total. The lowest BCUT2D eigenvalue weighted by Gasteiger charge is -2.05. The largest absolute Gasteiger partial charge is 0.150 e. The van der Waals surface area contributed by atoms with E-state index in [1.165, 1.54) is 5.56 Å². The molecule has 0 unspecified atom stereocenters. The van der Waals surface area contributed by atoms with Crippen molar-refractivity contribution >= 4 is 0 Å². The van der Waals surface area contributed by atoms with Crippen molar-refractivity contribution in [1.82, 2.24) is 0 Å². The molecule has 0 radical (unpaired) electrons. The van der Waals surface area contributed by atoms with Crippen molar-refractivity contribution in [3.63, 3.8) is 0 Å². The Kier molecular flexibility index (Phi) is 2.97. The highest BCUT2D eigenvalue weighted by Gasteiger charge is 1.99. The molecular weight excluding hydrogens is 150 g/mol. The maximum atomic E-state index is 10.0. The Morgan fingerprint density at radius 2 is 2.17 bits per heavy atom. The second kappa shape index (κ2) is 4.00. The summed E-state index contributed by atoms with van der Waals surface area (Å²) in [6.45, 7) is 4.54. The van der Waals surface area contributed by atoms with Gasteiger partial charge in [-0.1, -0.05) is 43.3 Å². The third kappa shape index (κ3) is 2.16. The number of rotatable bonds is 3. The maximum absolute atomic E-state index is 10.0. The van der Waals surface area contributed by atoms with E-state index < -0.39 is 0 Å². The highest BCUT2D eigenvalue weighted by Crippen LogP contribution is 2.15. The Bertz CT molecular complexity index is 268. The second-order valence-electron chi connectivity index (χ2n) is 3.19. The number of hydrogen-bond acceptors (Lipinski definition) is 2. The molecule has 0 atom stereocenters. The summed E-state index contributed by atoms with van der Waals surface area (Å²) in [6.07, 6.45) is 0. The quantitative estimate of drug-likeness (QED) is 0.629. The predicted molar refractivity (Wildman–Crippen MR) is 50.0 cm³/mol. The van der Waals surface area contributed by atoms with Crippen molar-refractivity contribution in [2.45, 2.75) is 26.3 Å². The first-order valence-electron chi connectivity index (χ1n) is 4.12. The molecule has 0 heterocycles. The fourth-order valence-corrected chi connectivity index (χ4v) is 1.13. The molecule has 1 rings (SSSR count). The third-order valence-electron chi connectivity index (χ3n) is 1.86. The zero-order chi connectivity index (χ0) is 8.97. The van der Waals surface area contributed by atoms with Gasteiger partial charge in [0.1, 0.15) is 6.54 Å². The van der Waals surface area contributed by atoms with Crippen LogP contribution in [0.25, 0.3) is 0 Å². The molecule has 2 nitrogen and oxygen atoms in total. The number of nitroso groups, excluding NO2 is 1. The average molecular weight is 163 g/mol. The van der Waals surface area contributed by atoms with Crippen molar-refractivity contribution in [1.29, 1.82) is 0 Å². The fourth-order valence-electron chi connectivity index (χ4n) is 1.13. The summed E-state index contributed by atoms with van der Waals surface area (Å²) in [5.41, 5.74) is 2.26. The van der Waals surface area contributed by atoms with Crippen LogP contribution < -0.4 is 0 Å². The Morgan fingerprint density at radius 3 is 2.75 bits per heavy atom. The molecular formula is C10H13NO. The van der Waals surface area contributed by atoms with Gasteiger partial charge in [-0.25, -0.2) is 0 Å². The van der Waals surface area contributed by atoms with Crippen molar-refractivity contribution < 1.29 is 0 Å². The zero-order valence-corrected chi connectivity index (χ0v) is 7.45. The Balaban J connectivity index is 2.87. The summed E-state index contributed by atoms with van der Waals surface area (Å²) in [4.78, 5) is 10.0. The molecule has 0 bridgehead atoms. The van der Waals surface area contributed by atoms with Gasteiger partial charge in [0, 0.05) is 0 Å². The van der Waals surface area contributed by atoms with Crippen LogP contribution in [-0.4, -0.2) is 0 Å². The van der Waals surface area contributed by atoms with E-state index in [0.717, 1.165) is 5.56 Å². The van der Waals surface area contributed by atoms with Gasteiger partial charge < -0.3 is 0 Å². The van der Waals surface area contributed by atoms with E-state index in [9.17, 15) is 4.91 Å². The van der Waals surface area contributed by atoms with Gasteiger partial charge in [0.25, 0.3) is 0 Å². The topological polar surface area (TPSA) is 29.4 Å². The standard InChI is InChI=1S/C10H13NO/c1-8(2)10-5-3-4-9(6-10)7-11-12/h3-6,8H,7H2,1-2H3. The van der Waals surface area contributed by atoms with Gasteiger partial charge in [0.05, 0.1) is 0 Å². The van der Waals surface area contributed by atoms with Crippen molar-refractivity contribution in [3.05, 3.63) is 40.3 Å². The molecule has 0 saturated heterocycles. The SMILES string of the molecule is CC(C)c1cccc(CN=O)c1. The highest BCUT2D eigenvalue weighted by molar-refractivity contribution is 5.25. The van der Waals surface area contributed by atoms with Gasteiger partial charge in [-0.3, -0.25) is 0 Å². The van der Waals surface area contributed by atoms with E-state index in [2.05, 4.69) is 25.1 Å². The molecule has 1 aromatic rings. The van der Waals surface area contributed by atoms with E-state index in [1.54, 1.807) is 0 Å². The van der Waals surface area contributed by atoms with Crippen LogP contribution in [-0.2, 0) is 6.54 Å². The summed E-state index contributed by atoms with van der Waals surface area (Å²) in [6, 6.07) is 7.99. The molecule has 0 aliphatic heterocycles. The summed E-state index contributed by atoms with van der Waals surface area (Å²) < 4.78 is 0. The van der Waals surface area contributed by atoms with Crippen molar-refractivity contribution in [3.8, 4) is 0 Å². The summed E-state index contributed by atoms with van der Waals surface area (Å²) in [5, 5.41) is 2.86. The first-order valence-corrected chi connectivity index (χ1v) is 4.12. The number of nitrogens with zero attached hydrogens (tertiary/aromatic N) is 1. The number of hydrogen-bond donors (Lipinski definition) is 0. The van der Waals surface area contributed by atoms with Crippen LogP contribution in [0.2, 0.25) is 0 Å². The van der Waals surface area contributed by atoms with Gasteiger partial charge >= 0.3 is 0 Å². The lowest BCUT2D eigenvalue weighted by Crippen LogP contribution is -1.89. The van der Waals surface area contributed by atoms with Crippen molar-refractivity contribution in [2.24, 2.45) is 5.18 Å². The molecule has 12 heavy (non-hydrogen) atoms. The van der Waals surface area contributed by atoms with E-state index in [4.69, 9.17) is 0 Å². The normalized spacial score (nSPS) is 10.2. The number of benzene rings is 1. The second-order valence-corrected chi connectivity index (χ2v) is 3.19. The molecule has 0 aliphatic carbocycles. The fraction of sp³-hybridized carbons (Fsp3) is 0.400. The van der Waals surface area contributed by atoms with Crippen LogP contribution in [0.1, 0.15) is 30.9 Å². The molecule has 2 heteroatoms. The zero-order valence-electron chi connectivity index (χ0n) is 7.45. The minimum Gasteiger partial charge on any atom is -0.150 e. The summed E-state index contributed by atoms with van der Waals surface area (Å²) in [5.74, 6) is 0.511. The first-order chi connectivity index (χ1) is 5.74. The predicted octanol–water partition coefficient (Wildman–Crippen LogP) is 3.08. The van der Waals surface area contributed by atoms with Crippen LogP contribution >= 0.6 is 0 Å². The molecule has 0 fully saturated rings. The van der Waals surface area contributed by atoms with Crippen LogP contribution in [0.15, 0.2) is 29.4 Å². The van der Waals surface area contributed by atoms with Crippen LogP contribution in [0.3, 0.4) is 0 Å². The minimum absolute atomic E-state index is 0.278. The third-order valence-corrected chi connectivity index (χ3v) is 1.86. The molecule has 1 aromatic carbocycles. The Hall–Kier alpha value is -1.18. The summed E-state index contributed by atoms with van der Waals surface area (Å²) >= 11 is 0. The summed E-state index contributed by atoms with van der Waals surface area (Å²) in [7, 11) is 0. The van der Waals surface area contributed by atoms with Crippen molar-refractivity contribution in [2.75, 3.05) is 0 Å². The van der Waals surface area contributed by atoms with Crippen LogP contribution in [0.5, 0.6) is 0 Å². The maximum Gasteiger partial charge on any atom is 0.106 e. The van der Waals surface area contributed by atoms with Gasteiger partial charge in [0.2, 0.25) is 0 Å². The molecule has 0 saturated carbocycles. The van der Waals surface area contributed by atoms with Crippen LogP contribution in [0, 0.1) is 4.91 Å². The highest BCUT2D eigenvalue weighted by atomic mass is 16.3. The van der Waals surface area contributed by atoms with E-state index in [1.807, 2.05) is 18.2 Å². The first kappa shape index (κ1) is 8.91. The average Bonchev–Trinajstić information content (AvgIpc) is 2.05. The monoisotopic (exact) mass is 163 g/mol.